The van der Waals surface area contributed by atoms with Gasteiger partial charge in [0.2, 0.25) is 0 Å². The van der Waals surface area contributed by atoms with Gasteiger partial charge in [-0.15, -0.1) is 6.42 Å². The van der Waals surface area contributed by atoms with Crippen molar-refractivity contribution in [2.45, 2.75) is 63.3 Å². The Balaban J connectivity index is 1.96. The summed E-state index contributed by atoms with van der Waals surface area (Å²) in [7, 11) is -1.81. The van der Waals surface area contributed by atoms with E-state index in [-0.39, 0.29) is 29.5 Å². The summed E-state index contributed by atoms with van der Waals surface area (Å²) < 4.78 is 23.7. The van der Waals surface area contributed by atoms with Crippen molar-refractivity contribution in [3.8, 4) is 12.3 Å². The molecular weight excluding hydrogens is 272 g/mol. The number of ether oxygens (including phenoxy) is 3. The monoisotopic (exact) mass is 298 g/mol. The first kappa shape index (κ1) is 16.0. The van der Waals surface area contributed by atoms with E-state index in [1.807, 2.05) is 0 Å². The molecule has 2 saturated heterocycles. The lowest BCUT2D eigenvalue weighted by molar-refractivity contribution is -0.0252. The summed E-state index contributed by atoms with van der Waals surface area (Å²) in [5, 5.41) is 0.184. The highest BCUT2D eigenvalue weighted by Crippen LogP contribution is 2.40. The zero-order valence-electron chi connectivity index (χ0n) is 13.1. The zero-order chi connectivity index (χ0) is 15.0. The third-order valence-corrected chi connectivity index (χ3v) is 9.10. The van der Waals surface area contributed by atoms with Gasteiger partial charge in [0.05, 0.1) is 19.3 Å². The molecule has 0 aliphatic carbocycles. The second-order valence-corrected chi connectivity index (χ2v) is 11.8. The number of hydrogen-bond donors (Lipinski definition) is 0. The van der Waals surface area contributed by atoms with E-state index in [2.05, 4.69) is 39.8 Å². The van der Waals surface area contributed by atoms with Gasteiger partial charge in [-0.25, -0.2) is 0 Å². The first-order chi connectivity index (χ1) is 9.26. The Kier molecular flexibility index (Phi) is 4.62. The molecule has 2 aliphatic rings. The minimum absolute atomic E-state index is 0.0142. The van der Waals surface area contributed by atoms with Crippen molar-refractivity contribution in [2.75, 3.05) is 19.8 Å². The van der Waals surface area contributed by atoms with Gasteiger partial charge in [0, 0.05) is 0 Å². The van der Waals surface area contributed by atoms with E-state index < -0.39 is 8.32 Å². The van der Waals surface area contributed by atoms with E-state index >= 15 is 0 Å². The minimum Gasteiger partial charge on any atom is -0.409 e. The van der Waals surface area contributed by atoms with E-state index in [4.69, 9.17) is 25.1 Å². The van der Waals surface area contributed by atoms with E-state index in [1.165, 1.54) is 0 Å². The lowest BCUT2D eigenvalue weighted by atomic mass is 10.1. The molecule has 0 N–H and O–H groups in total. The summed E-state index contributed by atoms with van der Waals surface area (Å²) in [6.07, 6.45) is 5.11. The first-order valence-corrected chi connectivity index (χ1v) is 10.1. The maximum Gasteiger partial charge on any atom is 0.192 e. The van der Waals surface area contributed by atoms with E-state index in [0.29, 0.717) is 19.8 Å². The molecule has 4 nitrogen and oxygen atoms in total. The van der Waals surface area contributed by atoms with Gasteiger partial charge >= 0.3 is 0 Å². The van der Waals surface area contributed by atoms with Crippen LogP contribution in [0.15, 0.2) is 0 Å². The summed E-state index contributed by atoms with van der Waals surface area (Å²) in [6.45, 7) is 12.6. The van der Waals surface area contributed by atoms with Crippen LogP contribution < -0.4 is 0 Å². The van der Waals surface area contributed by atoms with Crippen LogP contribution in [0.4, 0.5) is 0 Å². The van der Waals surface area contributed by atoms with Crippen molar-refractivity contribution < 1.29 is 18.6 Å². The molecule has 0 spiro atoms. The van der Waals surface area contributed by atoms with E-state index in [0.717, 1.165) is 0 Å². The largest absolute Gasteiger partial charge is 0.409 e. The predicted molar refractivity (Wildman–Crippen MR) is 80.1 cm³/mol. The summed E-state index contributed by atoms with van der Waals surface area (Å²) in [4.78, 5) is 0. The van der Waals surface area contributed by atoms with Gasteiger partial charge in [0.25, 0.3) is 0 Å². The van der Waals surface area contributed by atoms with Gasteiger partial charge in [-0.2, -0.15) is 0 Å². The lowest BCUT2D eigenvalue weighted by Crippen LogP contribution is -2.47. The molecule has 0 amide bonds. The average molecular weight is 298 g/mol. The molecule has 0 aromatic rings. The molecule has 114 valence electrons. The Morgan fingerprint density at radius 1 is 1.15 bits per heavy atom. The Bertz CT molecular complexity index is 382. The molecule has 4 atom stereocenters. The van der Waals surface area contributed by atoms with E-state index in [9.17, 15) is 0 Å². The maximum atomic E-state index is 6.42. The minimum atomic E-state index is -1.81. The quantitative estimate of drug-likeness (QED) is 0.589. The Morgan fingerprint density at radius 3 is 2.25 bits per heavy atom. The van der Waals surface area contributed by atoms with Crippen LogP contribution in [-0.4, -0.2) is 52.6 Å². The zero-order valence-corrected chi connectivity index (χ0v) is 14.1. The molecule has 2 aliphatic heterocycles. The van der Waals surface area contributed by atoms with Crippen LogP contribution in [0, 0.1) is 12.3 Å². The number of terminal acetylenes is 1. The summed E-state index contributed by atoms with van der Waals surface area (Å²) in [5.41, 5.74) is 0. The van der Waals surface area contributed by atoms with Crippen LogP contribution in [-0.2, 0) is 18.6 Å². The molecule has 0 unspecified atom stereocenters. The van der Waals surface area contributed by atoms with Gasteiger partial charge in [0.1, 0.15) is 24.9 Å². The van der Waals surface area contributed by atoms with Crippen LogP contribution in [0.25, 0.3) is 0 Å². The van der Waals surface area contributed by atoms with Crippen molar-refractivity contribution in [2.24, 2.45) is 0 Å². The highest BCUT2D eigenvalue weighted by molar-refractivity contribution is 6.74. The fourth-order valence-corrected chi connectivity index (χ4v) is 3.70. The van der Waals surface area contributed by atoms with Gasteiger partial charge in [-0.1, -0.05) is 26.7 Å². The highest BCUT2D eigenvalue weighted by atomic mass is 28.4. The van der Waals surface area contributed by atoms with Gasteiger partial charge in [0.15, 0.2) is 8.32 Å². The first-order valence-electron chi connectivity index (χ1n) is 7.22. The van der Waals surface area contributed by atoms with Crippen LogP contribution in [0.1, 0.15) is 20.8 Å². The summed E-state index contributed by atoms with van der Waals surface area (Å²) in [6, 6.07) is 0. The second-order valence-electron chi connectivity index (χ2n) is 7.07. The van der Waals surface area contributed by atoms with Crippen molar-refractivity contribution in [1.29, 1.82) is 0 Å². The molecule has 0 aromatic heterocycles. The van der Waals surface area contributed by atoms with Crippen molar-refractivity contribution in [3.63, 3.8) is 0 Å². The highest BCUT2D eigenvalue weighted by Gasteiger charge is 2.51. The van der Waals surface area contributed by atoms with Crippen molar-refractivity contribution in [3.05, 3.63) is 0 Å². The third-order valence-electron chi connectivity index (χ3n) is 4.60. The second kappa shape index (κ2) is 5.78. The number of fused-ring (bicyclic) bond motifs is 1. The van der Waals surface area contributed by atoms with Gasteiger partial charge in [-0.3, -0.25) is 0 Å². The standard InChI is InChI=1S/C15H26O4Si/c1-7-8-16-11-9-17-14-12(10-18-13(11)14)19-20(5,6)15(2,3)4/h1,11-14H,8-10H2,2-6H3/t11-,12-,13+,14+/m1/s1. The van der Waals surface area contributed by atoms with Crippen molar-refractivity contribution in [1.82, 2.24) is 0 Å². The maximum absolute atomic E-state index is 6.42. The number of hydrogen-bond acceptors (Lipinski definition) is 4. The summed E-state index contributed by atoms with van der Waals surface area (Å²) in [5.74, 6) is 2.49. The smallest absolute Gasteiger partial charge is 0.192 e. The molecular formula is C15H26O4Si. The van der Waals surface area contributed by atoms with Crippen LogP contribution in [0.5, 0.6) is 0 Å². The molecule has 0 bridgehead atoms. The normalized spacial score (nSPS) is 34.0. The molecule has 2 rings (SSSR count). The van der Waals surface area contributed by atoms with E-state index in [1.54, 1.807) is 0 Å². The predicted octanol–water partition coefficient (Wildman–Crippen LogP) is 2.19. The number of rotatable bonds is 4. The molecule has 2 fully saturated rings. The van der Waals surface area contributed by atoms with Gasteiger partial charge in [-0.05, 0) is 18.1 Å². The molecule has 0 saturated carbocycles. The van der Waals surface area contributed by atoms with Gasteiger partial charge < -0.3 is 18.6 Å². The topological polar surface area (TPSA) is 36.9 Å². The van der Waals surface area contributed by atoms with Crippen LogP contribution in [0.3, 0.4) is 0 Å². The molecule has 2 heterocycles. The van der Waals surface area contributed by atoms with Crippen molar-refractivity contribution >= 4 is 8.32 Å². The van der Waals surface area contributed by atoms with Crippen LogP contribution in [0.2, 0.25) is 18.1 Å². The SMILES string of the molecule is C#CCO[C@@H]1CO[C@@H]2[C@H]1OC[C@H]2O[Si](C)(C)C(C)(C)C. The lowest BCUT2D eigenvalue weighted by Gasteiger charge is -2.39. The van der Waals surface area contributed by atoms with Crippen LogP contribution >= 0.6 is 0 Å². The molecule has 0 aromatic carbocycles. The Labute approximate surface area is 123 Å². The Hall–Kier alpha value is -0.383. The Morgan fingerprint density at radius 2 is 1.70 bits per heavy atom. The average Bonchev–Trinajstić information content (AvgIpc) is 2.88. The fraction of sp³-hybridized carbons (Fsp3) is 0.867. The molecule has 0 radical (unpaired) electrons. The third kappa shape index (κ3) is 3.10. The molecule has 20 heavy (non-hydrogen) atoms. The fourth-order valence-electron chi connectivity index (χ4n) is 2.38. The summed E-state index contributed by atoms with van der Waals surface area (Å²) >= 11 is 0. The molecule has 5 heteroatoms.